The van der Waals surface area contributed by atoms with Crippen molar-refractivity contribution in [3.05, 3.63) is 11.4 Å². The second kappa shape index (κ2) is 8.11. The molecule has 8 heteroatoms. The second-order valence-corrected chi connectivity index (χ2v) is 8.31. The monoisotopic (exact) mass is 356 g/mol. The number of H-pyrrole nitrogens is 1. The van der Waals surface area contributed by atoms with E-state index in [1.54, 1.807) is 13.8 Å². The molecule has 2 rings (SSSR count). The number of carbonyl (C=O) groups excluding carboxylic acids is 1. The maximum Gasteiger partial charge on any atom is 0.246 e. The van der Waals surface area contributed by atoms with Gasteiger partial charge in [-0.15, -0.1) is 0 Å². The summed E-state index contributed by atoms with van der Waals surface area (Å²) < 4.78 is 27.0. The number of aromatic amines is 1. The number of piperidine rings is 1. The predicted molar refractivity (Wildman–Crippen MR) is 92.1 cm³/mol. The van der Waals surface area contributed by atoms with E-state index in [1.165, 1.54) is 4.31 Å². The third-order valence-electron chi connectivity index (χ3n) is 4.56. The highest BCUT2D eigenvalue weighted by Gasteiger charge is 2.34. The van der Waals surface area contributed by atoms with E-state index in [1.807, 2.05) is 0 Å². The number of nitrogens with one attached hydrogen (secondary N) is 2. The molecule has 0 aromatic carbocycles. The van der Waals surface area contributed by atoms with Crippen LogP contribution in [0.2, 0.25) is 0 Å². The van der Waals surface area contributed by atoms with Gasteiger partial charge in [0.1, 0.15) is 4.90 Å². The van der Waals surface area contributed by atoms with Gasteiger partial charge in [-0.2, -0.15) is 9.40 Å². The first-order valence-electron chi connectivity index (χ1n) is 8.67. The molecule has 2 heterocycles. The van der Waals surface area contributed by atoms with Crippen LogP contribution in [0.1, 0.15) is 50.4 Å². The first kappa shape index (κ1) is 18.9. The lowest BCUT2D eigenvalue weighted by Crippen LogP contribution is -2.43. The van der Waals surface area contributed by atoms with Crippen LogP contribution in [0.25, 0.3) is 0 Å². The van der Waals surface area contributed by atoms with E-state index in [-0.39, 0.29) is 16.7 Å². The van der Waals surface area contributed by atoms with Crippen molar-refractivity contribution in [1.29, 1.82) is 0 Å². The molecule has 2 N–H and O–H groups in total. The number of nitrogens with zero attached hydrogens (tertiary/aromatic N) is 2. The molecule has 1 aromatic rings. The maximum absolute atomic E-state index is 12.8. The lowest BCUT2D eigenvalue weighted by molar-refractivity contribution is -0.126. The zero-order chi connectivity index (χ0) is 17.7. The van der Waals surface area contributed by atoms with Crippen LogP contribution in [-0.2, 0) is 14.8 Å². The van der Waals surface area contributed by atoms with E-state index < -0.39 is 10.0 Å². The minimum atomic E-state index is -3.55. The van der Waals surface area contributed by atoms with Crippen LogP contribution in [0.5, 0.6) is 0 Å². The molecule has 24 heavy (non-hydrogen) atoms. The topological polar surface area (TPSA) is 95.2 Å². The third-order valence-corrected chi connectivity index (χ3v) is 6.73. The molecule has 0 bridgehead atoms. The Morgan fingerprint density at radius 1 is 1.29 bits per heavy atom. The van der Waals surface area contributed by atoms with Crippen molar-refractivity contribution in [3.8, 4) is 0 Å². The summed E-state index contributed by atoms with van der Waals surface area (Å²) in [5.74, 6) is -0.0385. The quantitative estimate of drug-likeness (QED) is 0.727. The highest BCUT2D eigenvalue weighted by Crippen LogP contribution is 2.26. The van der Waals surface area contributed by atoms with Crippen LogP contribution < -0.4 is 5.32 Å². The van der Waals surface area contributed by atoms with Gasteiger partial charge in [-0.3, -0.25) is 9.89 Å². The average molecular weight is 356 g/mol. The van der Waals surface area contributed by atoms with E-state index >= 15 is 0 Å². The van der Waals surface area contributed by atoms with E-state index in [9.17, 15) is 13.2 Å². The second-order valence-electron chi connectivity index (χ2n) is 6.44. The molecule has 0 radical (unpaired) electrons. The van der Waals surface area contributed by atoms with Crippen molar-refractivity contribution in [2.75, 3.05) is 19.6 Å². The van der Waals surface area contributed by atoms with E-state index in [0.29, 0.717) is 43.9 Å². The predicted octanol–water partition coefficient (Wildman–Crippen LogP) is 1.73. The number of hydrogen-bond acceptors (Lipinski definition) is 4. The van der Waals surface area contributed by atoms with Crippen molar-refractivity contribution in [2.24, 2.45) is 5.92 Å². The zero-order valence-corrected chi connectivity index (χ0v) is 15.6. The van der Waals surface area contributed by atoms with Crippen molar-refractivity contribution in [2.45, 2.75) is 57.8 Å². The molecule has 1 saturated heterocycles. The molecule has 1 aliphatic heterocycles. The minimum Gasteiger partial charge on any atom is -0.356 e. The van der Waals surface area contributed by atoms with Gasteiger partial charge in [0, 0.05) is 25.6 Å². The summed E-state index contributed by atoms with van der Waals surface area (Å²) in [6.45, 7) is 6.98. The standard InChI is InChI=1S/C16H28N4O3S/c1-4-5-6-9-17-16(21)14-7-10-20(11-8-14)24(22,23)15-12(2)18-19-13(15)3/h14H,4-11H2,1-3H3,(H,17,21)(H,18,19). The summed E-state index contributed by atoms with van der Waals surface area (Å²) >= 11 is 0. The minimum absolute atomic E-state index is 0.0545. The number of carbonyl (C=O) groups is 1. The first-order valence-corrected chi connectivity index (χ1v) is 10.1. The Labute approximate surface area is 144 Å². The number of aromatic nitrogens is 2. The van der Waals surface area contributed by atoms with Gasteiger partial charge in [-0.05, 0) is 33.1 Å². The number of rotatable bonds is 7. The molecule has 0 unspecified atom stereocenters. The summed E-state index contributed by atoms with van der Waals surface area (Å²) in [6.07, 6.45) is 4.36. The largest absolute Gasteiger partial charge is 0.356 e. The Kier molecular flexibility index (Phi) is 6.40. The van der Waals surface area contributed by atoms with Gasteiger partial charge in [0.05, 0.1) is 11.4 Å². The van der Waals surface area contributed by atoms with Crippen LogP contribution in [0.4, 0.5) is 0 Å². The molecular formula is C16H28N4O3S. The van der Waals surface area contributed by atoms with E-state index in [0.717, 1.165) is 19.3 Å². The van der Waals surface area contributed by atoms with Crippen LogP contribution >= 0.6 is 0 Å². The number of sulfonamides is 1. The molecule has 0 aliphatic carbocycles. The summed E-state index contributed by atoms with van der Waals surface area (Å²) in [6, 6.07) is 0. The first-order chi connectivity index (χ1) is 11.4. The molecule has 0 atom stereocenters. The smallest absolute Gasteiger partial charge is 0.246 e. The van der Waals surface area contributed by atoms with Crippen molar-refractivity contribution < 1.29 is 13.2 Å². The average Bonchev–Trinajstić information content (AvgIpc) is 2.91. The summed E-state index contributed by atoms with van der Waals surface area (Å²) in [5, 5.41) is 9.66. The Morgan fingerprint density at radius 2 is 1.96 bits per heavy atom. The lowest BCUT2D eigenvalue weighted by atomic mass is 9.97. The van der Waals surface area contributed by atoms with Crippen LogP contribution in [0, 0.1) is 19.8 Å². The molecular weight excluding hydrogens is 328 g/mol. The SMILES string of the molecule is CCCCCNC(=O)C1CCN(S(=O)(=O)c2c(C)n[nH]c2C)CC1. The van der Waals surface area contributed by atoms with Crippen molar-refractivity contribution in [3.63, 3.8) is 0 Å². The lowest BCUT2D eigenvalue weighted by Gasteiger charge is -2.30. The molecule has 0 spiro atoms. The summed E-state index contributed by atoms with van der Waals surface area (Å²) in [7, 11) is -3.55. The molecule has 136 valence electrons. The van der Waals surface area contributed by atoms with Crippen molar-refractivity contribution in [1.82, 2.24) is 19.8 Å². The fraction of sp³-hybridized carbons (Fsp3) is 0.750. The Morgan fingerprint density at radius 3 is 2.50 bits per heavy atom. The number of unbranched alkanes of at least 4 members (excludes halogenated alkanes) is 2. The van der Waals surface area contributed by atoms with Gasteiger partial charge < -0.3 is 5.32 Å². The van der Waals surface area contributed by atoms with E-state index in [2.05, 4.69) is 22.4 Å². The molecule has 7 nitrogen and oxygen atoms in total. The van der Waals surface area contributed by atoms with Gasteiger partial charge in [0.25, 0.3) is 0 Å². The van der Waals surface area contributed by atoms with Gasteiger partial charge in [0.2, 0.25) is 15.9 Å². The highest BCUT2D eigenvalue weighted by molar-refractivity contribution is 7.89. The fourth-order valence-corrected chi connectivity index (χ4v) is 4.94. The number of aryl methyl sites for hydroxylation is 2. The Bertz CT molecular complexity index is 641. The molecule has 1 fully saturated rings. The molecule has 1 amide bonds. The molecule has 1 aliphatic rings. The van der Waals surface area contributed by atoms with Crippen LogP contribution in [0.3, 0.4) is 0 Å². The Hall–Kier alpha value is -1.41. The van der Waals surface area contributed by atoms with E-state index in [4.69, 9.17) is 0 Å². The van der Waals surface area contributed by atoms with Gasteiger partial charge >= 0.3 is 0 Å². The number of amides is 1. The maximum atomic E-state index is 12.8. The van der Waals surface area contributed by atoms with Crippen LogP contribution in [0.15, 0.2) is 4.90 Å². The number of hydrogen-bond donors (Lipinski definition) is 2. The normalized spacial score (nSPS) is 17.1. The van der Waals surface area contributed by atoms with Crippen molar-refractivity contribution >= 4 is 15.9 Å². The van der Waals surface area contributed by atoms with Crippen LogP contribution in [-0.4, -0.2) is 48.5 Å². The summed E-state index contributed by atoms with van der Waals surface area (Å²) in [4.78, 5) is 12.4. The fourth-order valence-electron chi connectivity index (χ4n) is 3.14. The summed E-state index contributed by atoms with van der Waals surface area (Å²) in [5.41, 5.74) is 1.05. The van der Waals surface area contributed by atoms with Gasteiger partial charge in [-0.1, -0.05) is 19.8 Å². The Balaban J connectivity index is 1.92. The zero-order valence-electron chi connectivity index (χ0n) is 14.8. The molecule has 1 aromatic heterocycles. The third kappa shape index (κ3) is 4.16. The molecule has 0 saturated carbocycles. The van der Waals surface area contributed by atoms with Gasteiger partial charge in [-0.25, -0.2) is 8.42 Å². The van der Waals surface area contributed by atoms with Gasteiger partial charge in [0.15, 0.2) is 0 Å². The highest BCUT2D eigenvalue weighted by atomic mass is 32.2.